The first-order valence-corrected chi connectivity index (χ1v) is 6.71. The van der Waals surface area contributed by atoms with Crippen LogP contribution in [0.25, 0.3) is 0 Å². The summed E-state index contributed by atoms with van der Waals surface area (Å²) in [6.07, 6.45) is 0. The van der Waals surface area contributed by atoms with E-state index in [-0.39, 0.29) is 8.46 Å². The highest BCUT2D eigenvalue weighted by Crippen LogP contribution is 2.38. The van der Waals surface area contributed by atoms with Crippen LogP contribution in [-0.4, -0.2) is 5.28 Å². The quantitative estimate of drug-likeness (QED) is 0.729. The maximum atomic E-state index is 11.5. The molecular formula is C15H16NOP. The standard InChI is InChI=1S/C15H16NOP/c1-15(2,18-17)16(13-9-5-3-6-10-13)14-11-7-4-8-12-14/h3-12H,1-2H3. The Kier molecular flexibility index (Phi) is 3.78. The molecule has 2 rings (SSSR count). The van der Waals surface area contributed by atoms with Crippen LogP contribution in [0.4, 0.5) is 11.4 Å². The van der Waals surface area contributed by atoms with Crippen molar-refractivity contribution >= 4 is 19.8 Å². The third-order valence-corrected chi connectivity index (χ3v) is 3.45. The first kappa shape index (κ1) is 12.8. The molecule has 92 valence electrons. The van der Waals surface area contributed by atoms with Gasteiger partial charge in [-0.25, -0.2) is 0 Å². The molecule has 2 aromatic rings. The lowest BCUT2D eigenvalue weighted by Crippen LogP contribution is -2.35. The van der Waals surface area contributed by atoms with E-state index < -0.39 is 5.28 Å². The minimum atomic E-state index is -0.483. The predicted molar refractivity (Wildman–Crippen MR) is 76.7 cm³/mol. The average molecular weight is 257 g/mol. The Hall–Kier alpha value is -1.66. The largest absolute Gasteiger partial charge is 0.325 e. The van der Waals surface area contributed by atoms with Crippen molar-refractivity contribution in [2.24, 2.45) is 0 Å². The second-order valence-electron chi connectivity index (χ2n) is 4.59. The summed E-state index contributed by atoms with van der Waals surface area (Å²) < 4.78 is 11.5. The Labute approximate surface area is 109 Å². The van der Waals surface area contributed by atoms with Gasteiger partial charge in [0, 0.05) is 11.4 Å². The molecule has 2 nitrogen and oxygen atoms in total. The van der Waals surface area contributed by atoms with E-state index in [0.29, 0.717) is 0 Å². The highest BCUT2D eigenvalue weighted by atomic mass is 31.1. The van der Waals surface area contributed by atoms with E-state index in [4.69, 9.17) is 0 Å². The van der Waals surface area contributed by atoms with Gasteiger partial charge in [0.1, 0.15) is 5.28 Å². The van der Waals surface area contributed by atoms with Crippen molar-refractivity contribution in [1.82, 2.24) is 0 Å². The van der Waals surface area contributed by atoms with Crippen molar-refractivity contribution < 1.29 is 4.57 Å². The van der Waals surface area contributed by atoms with Crippen LogP contribution >= 0.6 is 8.46 Å². The van der Waals surface area contributed by atoms with Gasteiger partial charge in [-0.1, -0.05) is 36.4 Å². The van der Waals surface area contributed by atoms with E-state index in [1.54, 1.807) is 0 Å². The van der Waals surface area contributed by atoms with Gasteiger partial charge in [-0.3, -0.25) is 4.57 Å². The first-order valence-electron chi connectivity index (χ1n) is 5.90. The van der Waals surface area contributed by atoms with E-state index in [2.05, 4.69) is 4.90 Å². The first-order chi connectivity index (χ1) is 8.65. The maximum Gasteiger partial charge on any atom is 0.183 e. The molecule has 2 aromatic carbocycles. The maximum absolute atomic E-state index is 11.5. The third kappa shape index (κ3) is 2.60. The number of nitrogens with zero attached hydrogens (tertiary/aromatic N) is 1. The van der Waals surface area contributed by atoms with Crippen LogP contribution in [0.1, 0.15) is 13.8 Å². The number of rotatable bonds is 4. The van der Waals surface area contributed by atoms with Gasteiger partial charge in [0.05, 0.1) is 0 Å². The molecule has 0 radical (unpaired) electrons. The summed E-state index contributed by atoms with van der Waals surface area (Å²) in [6, 6.07) is 20.0. The summed E-state index contributed by atoms with van der Waals surface area (Å²) in [5.74, 6) is 0. The number of hydrogen-bond donors (Lipinski definition) is 0. The molecule has 0 aromatic heterocycles. The van der Waals surface area contributed by atoms with Crippen molar-refractivity contribution in [1.29, 1.82) is 0 Å². The molecule has 18 heavy (non-hydrogen) atoms. The van der Waals surface area contributed by atoms with E-state index in [9.17, 15) is 4.57 Å². The third-order valence-electron chi connectivity index (χ3n) is 2.80. The van der Waals surface area contributed by atoms with Crippen LogP contribution in [0.3, 0.4) is 0 Å². The zero-order chi connectivity index (χ0) is 13.0. The van der Waals surface area contributed by atoms with Crippen LogP contribution in [-0.2, 0) is 4.57 Å². The number of anilines is 2. The van der Waals surface area contributed by atoms with Crippen LogP contribution in [0, 0.1) is 0 Å². The minimum absolute atomic E-state index is 0.0963. The summed E-state index contributed by atoms with van der Waals surface area (Å²) in [7, 11) is 0.0963. The fraction of sp³-hybridized carbons (Fsp3) is 0.200. The molecule has 3 heteroatoms. The Morgan fingerprint density at radius 1 is 0.833 bits per heavy atom. The zero-order valence-electron chi connectivity index (χ0n) is 10.6. The number of benzene rings is 2. The second-order valence-corrected chi connectivity index (χ2v) is 5.87. The smallest absolute Gasteiger partial charge is 0.183 e. The Balaban J connectivity index is 2.52. The van der Waals surface area contributed by atoms with Gasteiger partial charge in [0.15, 0.2) is 8.46 Å². The van der Waals surface area contributed by atoms with Crippen LogP contribution in [0.15, 0.2) is 60.7 Å². The van der Waals surface area contributed by atoms with Crippen molar-refractivity contribution in [2.75, 3.05) is 4.90 Å². The molecule has 0 heterocycles. The lowest BCUT2D eigenvalue weighted by Gasteiger charge is -2.35. The predicted octanol–water partition coefficient (Wildman–Crippen LogP) is 4.85. The van der Waals surface area contributed by atoms with Crippen molar-refractivity contribution in [3.8, 4) is 0 Å². The Morgan fingerprint density at radius 3 is 1.56 bits per heavy atom. The summed E-state index contributed by atoms with van der Waals surface area (Å²) >= 11 is 0. The van der Waals surface area contributed by atoms with Gasteiger partial charge < -0.3 is 4.90 Å². The van der Waals surface area contributed by atoms with Crippen LogP contribution < -0.4 is 4.90 Å². The van der Waals surface area contributed by atoms with Crippen LogP contribution in [0.5, 0.6) is 0 Å². The van der Waals surface area contributed by atoms with Crippen molar-refractivity contribution in [3.63, 3.8) is 0 Å². The average Bonchev–Trinajstić information content (AvgIpc) is 2.41. The highest BCUT2D eigenvalue weighted by molar-refractivity contribution is 7.26. The molecule has 0 aliphatic heterocycles. The van der Waals surface area contributed by atoms with Crippen molar-refractivity contribution in [3.05, 3.63) is 60.7 Å². The zero-order valence-corrected chi connectivity index (χ0v) is 11.5. The summed E-state index contributed by atoms with van der Waals surface area (Å²) in [5, 5.41) is -0.483. The molecule has 0 amide bonds. The van der Waals surface area contributed by atoms with Gasteiger partial charge in [-0.15, -0.1) is 0 Å². The van der Waals surface area contributed by atoms with Gasteiger partial charge in [-0.05, 0) is 38.1 Å². The van der Waals surface area contributed by atoms with E-state index in [0.717, 1.165) is 11.4 Å². The van der Waals surface area contributed by atoms with Gasteiger partial charge >= 0.3 is 0 Å². The van der Waals surface area contributed by atoms with E-state index in [1.165, 1.54) is 0 Å². The molecule has 0 aliphatic carbocycles. The van der Waals surface area contributed by atoms with Gasteiger partial charge in [-0.2, -0.15) is 0 Å². The fourth-order valence-electron chi connectivity index (χ4n) is 1.98. The van der Waals surface area contributed by atoms with E-state index >= 15 is 0 Å². The van der Waals surface area contributed by atoms with Gasteiger partial charge in [0.25, 0.3) is 0 Å². The molecule has 0 aliphatic rings. The molecule has 0 atom stereocenters. The van der Waals surface area contributed by atoms with Gasteiger partial charge in [0.2, 0.25) is 0 Å². The molecule has 0 spiro atoms. The molecule has 0 fully saturated rings. The molecule has 0 saturated heterocycles. The summed E-state index contributed by atoms with van der Waals surface area (Å²) in [4.78, 5) is 2.08. The van der Waals surface area contributed by atoms with Crippen molar-refractivity contribution in [2.45, 2.75) is 19.1 Å². The lowest BCUT2D eigenvalue weighted by atomic mass is 10.2. The molecular weight excluding hydrogens is 241 g/mol. The Bertz CT molecular complexity index is 471. The number of hydrogen-bond acceptors (Lipinski definition) is 2. The second kappa shape index (κ2) is 5.32. The highest BCUT2D eigenvalue weighted by Gasteiger charge is 2.28. The fourth-order valence-corrected chi connectivity index (χ4v) is 2.29. The summed E-state index contributed by atoms with van der Waals surface area (Å²) in [6.45, 7) is 3.92. The normalized spacial score (nSPS) is 11.4. The molecule has 0 N–H and O–H groups in total. The lowest BCUT2D eigenvalue weighted by molar-refractivity contribution is 0.571. The minimum Gasteiger partial charge on any atom is -0.325 e. The van der Waals surface area contributed by atoms with Crippen LogP contribution in [0.2, 0.25) is 0 Å². The summed E-state index contributed by atoms with van der Waals surface area (Å²) in [5.41, 5.74) is 2.08. The molecule has 0 unspecified atom stereocenters. The molecule has 0 saturated carbocycles. The SMILES string of the molecule is CC(C)(P=O)N(c1ccccc1)c1ccccc1. The monoisotopic (exact) mass is 257 g/mol. The Morgan fingerprint density at radius 2 is 1.22 bits per heavy atom. The molecule has 0 bridgehead atoms. The number of para-hydroxylation sites is 2. The van der Waals surface area contributed by atoms with E-state index in [1.807, 2.05) is 74.5 Å². The topological polar surface area (TPSA) is 20.3 Å².